The summed E-state index contributed by atoms with van der Waals surface area (Å²) < 4.78 is 85.5. The average molecular weight is 565 g/mol. The predicted octanol–water partition coefficient (Wildman–Crippen LogP) is 3.78. The maximum Gasteiger partial charge on any atom is 0.339 e. The molecule has 0 aromatic heterocycles. The van der Waals surface area contributed by atoms with Crippen molar-refractivity contribution in [3.63, 3.8) is 0 Å². The van der Waals surface area contributed by atoms with E-state index in [2.05, 4.69) is 0 Å². The molecular formula is C26H28O8S3. The van der Waals surface area contributed by atoms with Crippen molar-refractivity contribution in [1.82, 2.24) is 0 Å². The van der Waals surface area contributed by atoms with Crippen LogP contribution in [0.2, 0.25) is 0 Å². The van der Waals surface area contributed by atoms with Crippen LogP contribution in [0.25, 0.3) is 0 Å². The van der Waals surface area contributed by atoms with Crippen LogP contribution >= 0.6 is 0 Å². The molecule has 2 aromatic carbocycles. The van der Waals surface area contributed by atoms with Crippen LogP contribution < -0.4 is 0 Å². The molecule has 2 aliphatic rings. The molecule has 2 aliphatic carbocycles. The number of rotatable bonds is 9. The van der Waals surface area contributed by atoms with Gasteiger partial charge in [0.25, 0.3) is 0 Å². The number of carbonyl (C=O) groups excluding carboxylic acids is 1. The summed E-state index contributed by atoms with van der Waals surface area (Å²) in [5.74, 6) is -1.43. The van der Waals surface area contributed by atoms with Gasteiger partial charge < -0.3 is 4.74 Å². The first-order valence-corrected chi connectivity index (χ1v) is 16.5. The summed E-state index contributed by atoms with van der Waals surface area (Å²) in [6.07, 6.45) is 6.87. The van der Waals surface area contributed by atoms with Crippen LogP contribution in [0.3, 0.4) is 0 Å². The zero-order chi connectivity index (χ0) is 27.1. The molecule has 8 nitrogen and oxygen atoms in total. The van der Waals surface area contributed by atoms with E-state index in [4.69, 9.17) is 4.74 Å². The Morgan fingerprint density at radius 3 is 2.14 bits per heavy atom. The quantitative estimate of drug-likeness (QED) is 0.421. The minimum atomic E-state index is -4.37. The standard InChI is InChI=1S/C26H28O8S3/c1-3-18-35(28,29)26(16-8-5-9-17-26)24-22(37(32,33)20-12-13-20)15-14-21(23(24)25(27)34-2)36(30,31)19-10-6-4-7-11-19/h4-11,14-16,20H,3,12-13,17-18H2,1-2H3. The van der Waals surface area contributed by atoms with Crippen LogP contribution in [0.5, 0.6) is 0 Å². The van der Waals surface area contributed by atoms with Gasteiger partial charge in [-0.3, -0.25) is 0 Å². The minimum absolute atomic E-state index is 0.131. The lowest BCUT2D eigenvalue weighted by Gasteiger charge is -2.35. The average Bonchev–Trinajstić information content (AvgIpc) is 3.74. The maximum atomic E-state index is 13.9. The fraction of sp³-hybridized carbons (Fsp3) is 0.346. The second-order valence-electron chi connectivity index (χ2n) is 9.06. The van der Waals surface area contributed by atoms with Crippen molar-refractivity contribution in [1.29, 1.82) is 0 Å². The summed E-state index contributed by atoms with van der Waals surface area (Å²) in [6, 6.07) is 9.53. The van der Waals surface area contributed by atoms with Crippen molar-refractivity contribution in [2.75, 3.05) is 12.9 Å². The zero-order valence-corrected chi connectivity index (χ0v) is 22.9. The Balaban J connectivity index is 2.21. The maximum absolute atomic E-state index is 13.9. The molecule has 2 aromatic rings. The van der Waals surface area contributed by atoms with E-state index in [-0.39, 0.29) is 33.9 Å². The third-order valence-electron chi connectivity index (χ3n) is 6.62. The fourth-order valence-electron chi connectivity index (χ4n) is 4.66. The molecule has 4 rings (SSSR count). The van der Waals surface area contributed by atoms with E-state index in [0.717, 1.165) is 19.2 Å². The van der Waals surface area contributed by atoms with Crippen molar-refractivity contribution in [2.45, 2.75) is 57.3 Å². The van der Waals surface area contributed by atoms with E-state index in [0.29, 0.717) is 12.8 Å². The summed E-state index contributed by atoms with van der Waals surface area (Å²) in [4.78, 5) is 12.3. The first-order chi connectivity index (χ1) is 17.4. The minimum Gasteiger partial charge on any atom is -0.465 e. The van der Waals surface area contributed by atoms with Gasteiger partial charge in [0.15, 0.2) is 19.7 Å². The number of carbonyl (C=O) groups is 1. The number of hydrogen-bond acceptors (Lipinski definition) is 8. The lowest BCUT2D eigenvalue weighted by Crippen LogP contribution is -2.40. The number of methoxy groups -OCH3 is 1. The zero-order valence-electron chi connectivity index (χ0n) is 20.5. The van der Waals surface area contributed by atoms with Crippen LogP contribution in [-0.2, 0) is 39.0 Å². The van der Waals surface area contributed by atoms with Gasteiger partial charge in [-0.05, 0) is 49.9 Å². The molecule has 0 spiro atoms. The van der Waals surface area contributed by atoms with E-state index in [1.807, 2.05) is 0 Å². The smallest absolute Gasteiger partial charge is 0.339 e. The molecule has 0 radical (unpaired) electrons. The third kappa shape index (κ3) is 4.57. The molecule has 1 fully saturated rings. The Bertz CT molecular complexity index is 1600. The summed E-state index contributed by atoms with van der Waals surface area (Å²) >= 11 is 0. The second-order valence-corrected chi connectivity index (χ2v) is 15.5. The summed E-state index contributed by atoms with van der Waals surface area (Å²) in [5, 5.41) is -0.734. The van der Waals surface area contributed by atoms with Gasteiger partial charge >= 0.3 is 5.97 Å². The fourth-order valence-corrected chi connectivity index (χ4v) is 10.2. The molecule has 0 heterocycles. The number of sulfone groups is 3. The Kier molecular flexibility index (Phi) is 7.26. The van der Waals surface area contributed by atoms with Gasteiger partial charge in [0.05, 0.1) is 38.4 Å². The topological polar surface area (TPSA) is 129 Å². The summed E-state index contributed by atoms with van der Waals surface area (Å²) in [5.41, 5.74) is -0.940. The van der Waals surface area contributed by atoms with E-state index >= 15 is 0 Å². The lowest BCUT2D eigenvalue weighted by molar-refractivity contribution is 0.0594. The van der Waals surface area contributed by atoms with Gasteiger partial charge in [0.1, 0.15) is 4.75 Å². The number of benzene rings is 2. The van der Waals surface area contributed by atoms with Crippen molar-refractivity contribution in [3.8, 4) is 0 Å². The third-order valence-corrected chi connectivity index (χ3v) is 13.3. The highest BCUT2D eigenvalue weighted by atomic mass is 32.2. The normalized spacial score (nSPS) is 20.1. The van der Waals surface area contributed by atoms with Gasteiger partial charge in [0, 0.05) is 5.56 Å². The monoisotopic (exact) mass is 564 g/mol. The molecular weight excluding hydrogens is 536 g/mol. The number of ether oxygens (including phenoxy) is 1. The number of esters is 1. The van der Waals surface area contributed by atoms with E-state index < -0.39 is 55.9 Å². The molecule has 0 N–H and O–H groups in total. The molecule has 1 atom stereocenters. The first-order valence-electron chi connectivity index (χ1n) is 11.8. The van der Waals surface area contributed by atoms with Gasteiger partial charge in [-0.15, -0.1) is 0 Å². The Labute approximate surface area is 217 Å². The Hall–Kier alpha value is -2.76. The highest BCUT2D eigenvalue weighted by Crippen LogP contribution is 2.48. The van der Waals surface area contributed by atoms with Gasteiger partial charge in [-0.2, -0.15) is 0 Å². The van der Waals surface area contributed by atoms with Crippen molar-refractivity contribution >= 4 is 35.5 Å². The highest BCUT2D eigenvalue weighted by Gasteiger charge is 2.51. The van der Waals surface area contributed by atoms with Gasteiger partial charge in [-0.25, -0.2) is 30.0 Å². The van der Waals surface area contributed by atoms with Crippen LogP contribution in [0.15, 0.2) is 81.5 Å². The summed E-state index contributed by atoms with van der Waals surface area (Å²) in [6.45, 7) is 1.67. The van der Waals surface area contributed by atoms with Gasteiger partial charge in [-0.1, -0.05) is 49.4 Å². The van der Waals surface area contributed by atoms with E-state index in [1.165, 1.54) is 36.4 Å². The molecule has 11 heteroatoms. The number of hydrogen-bond donors (Lipinski definition) is 0. The first kappa shape index (κ1) is 27.3. The van der Waals surface area contributed by atoms with E-state index in [9.17, 15) is 30.0 Å². The summed E-state index contributed by atoms with van der Waals surface area (Å²) in [7, 11) is -11.5. The molecule has 198 valence electrons. The lowest BCUT2D eigenvalue weighted by atomic mass is 9.87. The van der Waals surface area contributed by atoms with Crippen molar-refractivity contribution < 1.29 is 34.8 Å². The molecule has 0 bridgehead atoms. The Morgan fingerprint density at radius 1 is 0.946 bits per heavy atom. The van der Waals surface area contributed by atoms with Crippen LogP contribution in [0.1, 0.15) is 48.5 Å². The van der Waals surface area contributed by atoms with Gasteiger partial charge in [0.2, 0.25) is 9.84 Å². The second kappa shape index (κ2) is 9.85. The molecule has 0 amide bonds. The molecule has 0 saturated heterocycles. The highest BCUT2D eigenvalue weighted by molar-refractivity contribution is 7.93. The molecule has 37 heavy (non-hydrogen) atoms. The Morgan fingerprint density at radius 2 is 1.59 bits per heavy atom. The molecule has 0 aliphatic heterocycles. The molecule has 1 saturated carbocycles. The number of allylic oxidation sites excluding steroid dienone is 3. The predicted molar refractivity (Wildman–Crippen MR) is 139 cm³/mol. The van der Waals surface area contributed by atoms with E-state index in [1.54, 1.807) is 25.1 Å². The SMILES string of the molecule is CCCS(=O)(=O)C1(c2c(S(=O)(=O)C3CC3)ccc(S(=O)(=O)c3ccccc3)c2C(=O)OC)C=CC=CC1. The van der Waals surface area contributed by atoms with Crippen molar-refractivity contribution in [3.05, 3.63) is 77.9 Å². The van der Waals surface area contributed by atoms with Crippen LogP contribution in [0, 0.1) is 0 Å². The molecule has 1 unspecified atom stereocenters. The van der Waals surface area contributed by atoms with Crippen molar-refractivity contribution in [2.24, 2.45) is 0 Å². The van der Waals surface area contributed by atoms with Crippen LogP contribution in [0.4, 0.5) is 0 Å². The van der Waals surface area contributed by atoms with Crippen LogP contribution in [-0.4, -0.2) is 49.3 Å². The largest absolute Gasteiger partial charge is 0.465 e.